The van der Waals surface area contributed by atoms with Gasteiger partial charge in [-0.1, -0.05) is 12.1 Å². The number of anilines is 2. The zero-order valence-electron chi connectivity index (χ0n) is 8.90. The van der Waals surface area contributed by atoms with Crippen LogP contribution in [0.3, 0.4) is 0 Å². The number of nitrogens with two attached hydrogens (primary N) is 1. The molecule has 2 aliphatic rings. The van der Waals surface area contributed by atoms with Crippen molar-refractivity contribution in [2.24, 2.45) is 10.7 Å². The van der Waals surface area contributed by atoms with Gasteiger partial charge in [-0.05, 0) is 12.1 Å². The van der Waals surface area contributed by atoms with Gasteiger partial charge < -0.3 is 21.7 Å². The van der Waals surface area contributed by atoms with Crippen LogP contribution in [0, 0.1) is 0 Å². The number of hydrogen-bond donors (Lipinski definition) is 4. The van der Waals surface area contributed by atoms with Gasteiger partial charge in [0, 0.05) is 6.54 Å². The van der Waals surface area contributed by atoms with Gasteiger partial charge in [-0.15, -0.1) is 0 Å². The van der Waals surface area contributed by atoms with E-state index in [1.165, 1.54) is 0 Å². The fourth-order valence-corrected chi connectivity index (χ4v) is 2.18. The second-order valence-corrected chi connectivity index (χ2v) is 4.15. The Labute approximate surface area is 94.1 Å². The van der Waals surface area contributed by atoms with Crippen molar-refractivity contribution in [3.63, 3.8) is 0 Å². The number of aliphatic imine (C=N–C) groups is 1. The summed E-state index contributed by atoms with van der Waals surface area (Å²) in [5, 5.41) is 10.1. The minimum atomic E-state index is 0.279. The molecule has 0 saturated heterocycles. The Morgan fingerprint density at radius 3 is 2.69 bits per heavy atom. The first-order valence-corrected chi connectivity index (χ1v) is 5.49. The Bertz CT molecular complexity index is 428. The van der Waals surface area contributed by atoms with E-state index in [1.807, 2.05) is 12.1 Å². The molecular formula is C11H15N5. The number of nitrogens with one attached hydrogen (secondary N) is 3. The number of hydrogen-bond acceptors (Lipinski definition) is 5. The Balaban J connectivity index is 1.74. The predicted molar refractivity (Wildman–Crippen MR) is 65.8 cm³/mol. The molecule has 0 aromatic heterocycles. The zero-order valence-corrected chi connectivity index (χ0v) is 8.90. The lowest BCUT2D eigenvalue weighted by Gasteiger charge is -2.32. The van der Waals surface area contributed by atoms with Crippen LogP contribution in [-0.4, -0.2) is 31.1 Å². The summed E-state index contributed by atoms with van der Waals surface area (Å²) in [5.74, 6) is 0.547. The highest BCUT2D eigenvalue weighted by Crippen LogP contribution is 2.26. The van der Waals surface area contributed by atoms with Gasteiger partial charge in [-0.2, -0.15) is 0 Å². The molecule has 0 saturated carbocycles. The lowest BCUT2D eigenvalue weighted by atomic mass is 10.1. The number of para-hydroxylation sites is 2. The largest absolute Gasteiger partial charge is 0.381 e. The van der Waals surface area contributed by atoms with Crippen LogP contribution in [0.2, 0.25) is 0 Å². The molecule has 16 heavy (non-hydrogen) atoms. The quantitative estimate of drug-likeness (QED) is 0.541. The van der Waals surface area contributed by atoms with Crippen LogP contribution < -0.4 is 21.7 Å². The number of fused-ring (bicyclic) bond motifs is 1. The molecule has 0 amide bonds. The number of benzene rings is 1. The molecule has 5 nitrogen and oxygen atoms in total. The van der Waals surface area contributed by atoms with E-state index in [9.17, 15) is 0 Å². The maximum Gasteiger partial charge on any atom is 0.189 e. The second-order valence-electron chi connectivity index (χ2n) is 4.15. The van der Waals surface area contributed by atoms with Crippen LogP contribution in [0.15, 0.2) is 29.3 Å². The van der Waals surface area contributed by atoms with Crippen molar-refractivity contribution in [1.29, 1.82) is 0 Å². The summed E-state index contributed by atoms with van der Waals surface area (Å²) >= 11 is 0. The van der Waals surface area contributed by atoms with Gasteiger partial charge in [-0.25, -0.2) is 0 Å². The van der Waals surface area contributed by atoms with Crippen molar-refractivity contribution >= 4 is 17.3 Å². The highest BCUT2D eigenvalue weighted by molar-refractivity contribution is 5.80. The van der Waals surface area contributed by atoms with E-state index in [2.05, 4.69) is 33.1 Å². The van der Waals surface area contributed by atoms with Crippen LogP contribution in [-0.2, 0) is 0 Å². The average molecular weight is 217 g/mol. The zero-order chi connectivity index (χ0) is 11.0. The molecule has 2 heterocycles. The molecule has 0 fully saturated rings. The summed E-state index contributed by atoms with van der Waals surface area (Å²) in [7, 11) is 0. The third kappa shape index (κ3) is 1.54. The molecule has 2 unspecified atom stereocenters. The van der Waals surface area contributed by atoms with Crippen molar-refractivity contribution in [3.05, 3.63) is 24.3 Å². The van der Waals surface area contributed by atoms with Gasteiger partial charge in [0.15, 0.2) is 5.96 Å². The van der Waals surface area contributed by atoms with Gasteiger partial charge in [0.05, 0.1) is 30.0 Å². The molecular weight excluding hydrogens is 202 g/mol. The standard InChI is InChI=1S/C11H15N5/c12-11-14-6-10(16-11)9-5-13-7-3-1-2-4-8(7)15-9/h1-4,9-10,13,15H,5-6H2,(H3,12,14,16). The van der Waals surface area contributed by atoms with Gasteiger partial charge >= 0.3 is 0 Å². The van der Waals surface area contributed by atoms with E-state index in [0.29, 0.717) is 12.0 Å². The molecule has 2 atom stereocenters. The number of guanidine groups is 1. The molecule has 3 rings (SSSR count). The van der Waals surface area contributed by atoms with E-state index in [1.54, 1.807) is 0 Å². The Kier molecular flexibility index (Phi) is 2.09. The van der Waals surface area contributed by atoms with E-state index < -0.39 is 0 Å². The normalized spacial score (nSPS) is 27.1. The maximum atomic E-state index is 5.62. The monoisotopic (exact) mass is 217 g/mol. The van der Waals surface area contributed by atoms with Crippen LogP contribution in [0.1, 0.15) is 0 Å². The van der Waals surface area contributed by atoms with E-state index in [4.69, 9.17) is 5.73 Å². The molecule has 5 N–H and O–H groups in total. The molecule has 1 aromatic rings. The summed E-state index contributed by atoms with van der Waals surface area (Å²) in [5.41, 5.74) is 7.92. The van der Waals surface area contributed by atoms with Gasteiger partial charge in [0.1, 0.15) is 0 Å². The van der Waals surface area contributed by atoms with Crippen molar-refractivity contribution in [2.45, 2.75) is 12.1 Å². The van der Waals surface area contributed by atoms with Crippen LogP contribution >= 0.6 is 0 Å². The molecule has 0 radical (unpaired) electrons. The minimum absolute atomic E-state index is 0.279. The Hall–Kier alpha value is -1.91. The SMILES string of the molecule is NC1=NCC(C2CNc3ccccc3N2)N1. The first kappa shape index (κ1) is 9.33. The number of rotatable bonds is 1. The highest BCUT2D eigenvalue weighted by atomic mass is 15.2. The van der Waals surface area contributed by atoms with Gasteiger partial charge in [0.25, 0.3) is 0 Å². The third-order valence-corrected chi connectivity index (χ3v) is 3.06. The lowest BCUT2D eigenvalue weighted by molar-refractivity contribution is 0.555. The summed E-state index contributed by atoms with van der Waals surface area (Å²) < 4.78 is 0. The van der Waals surface area contributed by atoms with Crippen molar-refractivity contribution in [1.82, 2.24) is 5.32 Å². The summed E-state index contributed by atoms with van der Waals surface area (Å²) in [6.45, 7) is 1.63. The fraction of sp³-hybridized carbons (Fsp3) is 0.364. The molecule has 0 aliphatic carbocycles. The Morgan fingerprint density at radius 1 is 1.12 bits per heavy atom. The smallest absolute Gasteiger partial charge is 0.189 e. The van der Waals surface area contributed by atoms with Crippen molar-refractivity contribution in [2.75, 3.05) is 23.7 Å². The van der Waals surface area contributed by atoms with Crippen LogP contribution in [0.25, 0.3) is 0 Å². The van der Waals surface area contributed by atoms with E-state index >= 15 is 0 Å². The van der Waals surface area contributed by atoms with Gasteiger partial charge in [0.2, 0.25) is 0 Å². The van der Waals surface area contributed by atoms with E-state index in [-0.39, 0.29) is 6.04 Å². The molecule has 0 bridgehead atoms. The Morgan fingerprint density at radius 2 is 1.94 bits per heavy atom. The van der Waals surface area contributed by atoms with Crippen LogP contribution in [0.4, 0.5) is 11.4 Å². The summed E-state index contributed by atoms with van der Waals surface area (Å²) in [4.78, 5) is 4.16. The first-order chi connectivity index (χ1) is 7.83. The summed E-state index contributed by atoms with van der Waals surface area (Å²) in [6, 6.07) is 8.81. The molecule has 84 valence electrons. The highest BCUT2D eigenvalue weighted by Gasteiger charge is 2.28. The van der Waals surface area contributed by atoms with Crippen molar-refractivity contribution in [3.8, 4) is 0 Å². The molecule has 0 spiro atoms. The second kappa shape index (κ2) is 3.59. The molecule has 2 aliphatic heterocycles. The van der Waals surface area contributed by atoms with Gasteiger partial charge in [-0.3, -0.25) is 4.99 Å². The van der Waals surface area contributed by atoms with Crippen molar-refractivity contribution < 1.29 is 0 Å². The molecule has 1 aromatic carbocycles. The summed E-state index contributed by atoms with van der Waals surface area (Å²) in [6.07, 6.45) is 0. The average Bonchev–Trinajstić information content (AvgIpc) is 2.75. The first-order valence-electron chi connectivity index (χ1n) is 5.49. The fourth-order valence-electron chi connectivity index (χ4n) is 2.18. The lowest BCUT2D eigenvalue weighted by Crippen LogP contribution is -2.51. The predicted octanol–water partition coefficient (Wildman–Crippen LogP) is 0.179. The third-order valence-electron chi connectivity index (χ3n) is 3.06. The van der Waals surface area contributed by atoms with Crippen LogP contribution in [0.5, 0.6) is 0 Å². The molecule has 5 heteroatoms. The van der Waals surface area contributed by atoms with E-state index in [0.717, 1.165) is 24.5 Å². The minimum Gasteiger partial charge on any atom is -0.381 e. The maximum absolute atomic E-state index is 5.62. The number of nitrogens with zero attached hydrogens (tertiary/aromatic N) is 1. The topological polar surface area (TPSA) is 74.5 Å².